The first kappa shape index (κ1) is 19.9. The van der Waals surface area contributed by atoms with Gasteiger partial charge >= 0.3 is 28.5 Å². The van der Waals surface area contributed by atoms with Gasteiger partial charge < -0.3 is 21.1 Å². The standard InChI is InChI=1S/C6H15P.C4H4N3O3.Au/c1-4-7(5-2)6-3;8-4(9)10-2-3-1-5-7-6-3;/h4-6H2,1-3H3;2H2,(H,8,9)(H,5,6,7);/q;-1;+1. The Morgan fingerprint density at radius 2 is 1.94 bits per heavy atom. The number of H-pyrrole nitrogens is 1. The molecule has 0 aliphatic carbocycles. The SMILES string of the molecule is CCP(CC)CC.O=C(O)OCc1[c-]nn[nH]1.[Au+]. The van der Waals surface area contributed by atoms with E-state index >= 15 is 0 Å². The third-order valence-corrected chi connectivity index (χ3v) is 4.78. The Balaban J connectivity index is 0. The van der Waals surface area contributed by atoms with Gasteiger partial charge in [0.1, 0.15) is 6.61 Å². The Morgan fingerprint density at radius 3 is 2.22 bits per heavy atom. The summed E-state index contributed by atoms with van der Waals surface area (Å²) in [7, 11) is 0.446. The zero-order valence-electron chi connectivity index (χ0n) is 10.7. The molecule has 0 saturated heterocycles. The van der Waals surface area contributed by atoms with Crippen LogP contribution in [0, 0.1) is 6.20 Å². The first-order valence-electron chi connectivity index (χ1n) is 5.49. The Kier molecular flexibility index (Phi) is 14.4. The van der Waals surface area contributed by atoms with E-state index in [1.165, 1.54) is 18.5 Å². The molecule has 1 aromatic heterocycles. The van der Waals surface area contributed by atoms with Crippen LogP contribution in [0.15, 0.2) is 0 Å². The summed E-state index contributed by atoms with van der Waals surface area (Å²) >= 11 is 0. The molecule has 0 atom stereocenters. The number of aromatic nitrogens is 3. The number of rotatable bonds is 5. The van der Waals surface area contributed by atoms with Crippen molar-refractivity contribution in [3.05, 3.63) is 11.9 Å². The number of hydrogen-bond acceptors (Lipinski definition) is 4. The van der Waals surface area contributed by atoms with Crippen LogP contribution in [-0.4, -0.2) is 45.2 Å². The van der Waals surface area contributed by atoms with Gasteiger partial charge in [-0.05, 0) is 18.5 Å². The minimum absolute atomic E-state index is 0. The summed E-state index contributed by atoms with van der Waals surface area (Å²) in [6.45, 7) is 6.78. The molecule has 1 heterocycles. The van der Waals surface area contributed by atoms with E-state index in [0.29, 0.717) is 13.6 Å². The van der Waals surface area contributed by atoms with Crippen molar-refractivity contribution in [1.29, 1.82) is 0 Å². The van der Waals surface area contributed by atoms with Gasteiger partial charge in [0.25, 0.3) is 0 Å². The van der Waals surface area contributed by atoms with Crippen LogP contribution in [0.2, 0.25) is 0 Å². The molecule has 1 rings (SSSR count). The number of nitrogens with zero attached hydrogens (tertiary/aromatic N) is 2. The second-order valence-electron chi connectivity index (χ2n) is 3.08. The molecule has 0 radical (unpaired) electrons. The molecule has 108 valence electrons. The second kappa shape index (κ2) is 13.0. The average Bonchev–Trinajstić information content (AvgIpc) is 2.82. The molecule has 0 unspecified atom stereocenters. The van der Waals surface area contributed by atoms with Crippen molar-refractivity contribution in [2.75, 3.05) is 18.5 Å². The van der Waals surface area contributed by atoms with Crippen molar-refractivity contribution in [2.24, 2.45) is 0 Å². The van der Waals surface area contributed by atoms with Crippen LogP contribution in [-0.2, 0) is 33.7 Å². The van der Waals surface area contributed by atoms with E-state index in [-0.39, 0.29) is 29.0 Å². The number of carbonyl (C=O) groups is 1. The molecule has 6 nitrogen and oxygen atoms in total. The van der Waals surface area contributed by atoms with E-state index in [2.05, 4.69) is 47.1 Å². The zero-order valence-corrected chi connectivity index (χ0v) is 13.8. The quantitative estimate of drug-likeness (QED) is 0.307. The molecule has 0 saturated carbocycles. The molecular weight excluding hydrogens is 438 g/mol. The van der Waals surface area contributed by atoms with Gasteiger partial charge in [0, 0.05) is 0 Å². The van der Waals surface area contributed by atoms with Crippen molar-refractivity contribution in [3.8, 4) is 0 Å². The van der Waals surface area contributed by atoms with Gasteiger partial charge in [-0.1, -0.05) is 26.5 Å². The van der Waals surface area contributed by atoms with E-state index in [1.807, 2.05) is 0 Å². The van der Waals surface area contributed by atoms with E-state index in [9.17, 15) is 4.79 Å². The maximum absolute atomic E-state index is 9.80. The fourth-order valence-corrected chi connectivity index (χ4v) is 2.41. The van der Waals surface area contributed by atoms with Crippen LogP contribution in [0.25, 0.3) is 0 Å². The average molecular weight is 457 g/mol. The zero-order chi connectivity index (χ0) is 13.1. The summed E-state index contributed by atoms with van der Waals surface area (Å²) in [4.78, 5) is 9.80. The second-order valence-corrected chi connectivity index (χ2v) is 6.32. The van der Waals surface area contributed by atoms with E-state index in [1.54, 1.807) is 0 Å². The first-order chi connectivity index (χ1) is 8.13. The summed E-state index contributed by atoms with van der Waals surface area (Å²) in [5, 5.41) is 17.0. The summed E-state index contributed by atoms with van der Waals surface area (Å²) < 4.78 is 4.16. The smallest absolute Gasteiger partial charge is 0.450 e. The fraction of sp³-hybridized carbons (Fsp3) is 0.700. The topological polar surface area (TPSA) is 88.1 Å². The monoisotopic (exact) mass is 457 g/mol. The molecule has 0 bridgehead atoms. The molecule has 0 fully saturated rings. The van der Waals surface area contributed by atoms with E-state index < -0.39 is 6.16 Å². The van der Waals surface area contributed by atoms with Crippen LogP contribution in [0.4, 0.5) is 4.79 Å². The molecule has 0 aliphatic heterocycles. The summed E-state index contributed by atoms with van der Waals surface area (Å²) in [5.41, 5.74) is 0.405. The Bertz CT molecular complexity index is 289. The normalized spacial score (nSPS) is 9.11. The van der Waals surface area contributed by atoms with Gasteiger partial charge in [-0.2, -0.15) is 0 Å². The van der Waals surface area contributed by atoms with Crippen LogP contribution in [0.5, 0.6) is 0 Å². The number of carboxylic acid groups (broad SMARTS) is 1. The third kappa shape index (κ3) is 10.7. The number of nitrogens with one attached hydrogen (secondary N) is 1. The van der Waals surface area contributed by atoms with Gasteiger partial charge in [0.05, 0.1) is 0 Å². The number of ether oxygens (including phenoxy) is 1. The summed E-state index contributed by atoms with van der Waals surface area (Å²) in [5.74, 6) is 0. The molecule has 18 heavy (non-hydrogen) atoms. The molecule has 0 spiro atoms. The molecule has 8 heteroatoms. The van der Waals surface area contributed by atoms with Gasteiger partial charge in [0.2, 0.25) is 0 Å². The number of aromatic amines is 1. The molecule has 1 aromatic rings. The first-order valence-corrected chi connectivity index (χ1v) is 7.39. The largest absolute Gasteiger partial charge is 1.00 e. The van der Waals surface area contributed by atoms with Crippen LogP contribution in [0.3, 0.4) is 0 Å². The van der Waals surface area contributed by atoms with Crippen molar-refractivity contribution < 1.29 is 37.0 Å². The predicted octanol–water partition coefficient (Wildman–Crippen LogP) is 2.32. The van der Waals surface area contributed by atoms with Crippen molar-refractivity contribution in [2.45, 2.75) is 27.4 Å². The molecule has 2 N–H and O–H groups in total. The fourth-order valence-electron chi connectivity index (χ4n) is 1.06. The van der Waals surface area contributed by atoms with Crippen molar-refractivity contribution >= 4 is 14.1 Å². The Hall–Kier alpha value is -0.420. The van der Waals surface area contributed by atoms with Crippen LogP contribution < -0.4 is 0 Å². The maximum Gasteiger partial charge on any atom is 1.00 e. The molecule has 0 amide bonds. The van der Waals surface area contributed by atoms with E-state index in [0.717, 1.165) is 0 Å². The van der Waals surface area contributed by atoms with E-state index in [4.69, 9.17) is 5.11 Å². The molecule has 0 aliphatic rings. The minimum atomic E-state index is -1.33. The minimum Gasteiger partial charge on any atom is -0.450 e. The maximum atomic E-state index is 9.80. The Morgan fingerprint density at radius 1 is 1.39 bits per heavy atom. The predicted molar refractivity (Wildman–Crippen MR) is 66.6 cm³/mol. The van der Waals surface area contributed by atoms with Gasteiger partial charge in [-0.3, -0.25) is 5.10 Å². The third-order valence-electron chi connectivity index (χ3n) is 2.10. The summed E-state index contributed by atoms with van der Waals surface area (Å²) in [6, 6.07) is 0. The molecular formula is C10H19AuN3O3P. The summed E-state index contributed by atoms with van der Waals surface area (Å²) in [6.07, 6.45) is 5.31. The number of hydrogen-bond donors (Lipinski definition) is 2. The van der Waals surface area contributed by atoms with Gasteiger partial charge in [-0.15, -0.1) is 13.1 Å². The Labute approximate surface area is 124 Å². The molecule has 0 aromatic carbocycles. The van der Waals surface area contributed by atoms with Crippen molar-refractivity contribution in [1.82, 2.24) is 15.4 Å². The van der Waals surface area contributed by atoms with Crippen LogP contribution in [0.1, 0.15) is 26.5 Å². The van der Waals surface area contributed by atoms with Crippen molar-refractivity contribution in [3.63, 3.8) is 0 Å². The van der Waals surface area contributed by atoms with Gasteiger partial charge in [-0.25, -0.2) is 4.79 Å². The van der Waals surface area contributed by atoms with Crippen LogP contribution >= 0.6 is 7.92 Å². The van der Waals surface area contributed by atoms with Gasteiger partial charge in [0.15, 0.2) is 0 Å².